The number of carbonyl (C=O) groups is 1. The first-order valence-corrected chi connectivity index (χ1v) is 9.94. The second-order valence-electron chi connectivity index (χ2n) is 8.00. The number of aromatic nitrogens is 4. The van der Waals surface area contributed by atoms with Crippen LogP contribution in [0.15, 0.2) is 29.2 Å². The maximum Gasteiger partial charge on any atom is 0.257 e. The molecule has 1 amide bonds. The number of halogens is 2. The minimum absolute atomic E-state index is 0.174. The number of nitrogens with one attached hydrogen (secondary N) is 1. The Hall–Kier alpha value is -2.88. The van der Waals surface area contributed by atoms with E-state index in [9.17, 15) is 13.6 Å². The molecule has 3 heterocycles. The van der Waals surface area contributed by atoms with Gasteiger partial charge in [-0.25, -0.2) is 18.3 Å². The molecule has 160 valence electrons. The quantitative estimate of drug-likeness (QED) is 0.657. The molecule has 0 aromatic carbocycles. The molecule has 0 saturated heterocycles. The first kappa shape index (κ1) is 20.4. The summed E-state index contributed by atoms with van der Waals surface area (Å²) in [5.41, 5.74) is 8.68. The van der Waals surface area contributed by atoms with E-state index in [0.717, 1.165) is 5.56 Å². The van der Waals surface area contributed by atoms with E-state index in [4.69, 9.17) is 10.3 Å². The minimum atomic E-state index is -2.66. The third kappa shape index (κ3) is 4.04. The largest absolute Gasteiger partial charge is 0.364 e. The fourth-order valence-electron chi connectivity index (χ4n) is 3.87. The number of aryl methyl sites for hydroxylation is 1. The van der Waals surface area contributed by atoms with Crippen LogP contribution in [0.1, 0.15) is 72.0 Å². The van der Waals surface area contributed by atoms with Crippen LogP contribution in [0.25, 0.3) is 5.65 Å². The predicted octanol–water partition coefficient (Wildman–Crippen LogP) is 3.34. The van der Waals surface area contributed by atoms with Gasteiger partial charge in [0.15, 0.2) is 5.65 Å². The standard InChI is InChI=1S/C20H24F2N6O2/c1-11(23)14-7-17-25-16(9-28(17)24-8-14)18(13-3-5-20(21,22)6-4-13)26-19(29)15-10-30-27-12(15)2/h7-11,13,18H,3-6,23H2,1-2H3,(H,26,29)/t11?,18-/m0/s1. The van der Waals surface area contributed by atoms with E-state index in [2.05, 4.69) is 20.6 Å². The zero-order valence-electron chi connectivity index (χ0n) is 16.8. The number of hydrogen-bond donors (Lipinski definition) is 2. The summed E-state index contributed by atoms with van der Waals surface area (Å²) in [7, 11) is 0. The summed E-state index contributed by atoms with van der Waals surface area (Å²) >= 11 is 0. The number of fused-ring (bicyclic) bond motifs is 1. The number of alkyl halides is 2. The van der Waals surface area contributed by atoms with Gasteiger partial charge in [-0.3, -0.25) is 4.79 Å². The van der Waals surface area contributed by atoms with Crippen molar-refractivity contribution in [2.45, 2.75) is 57.5 Å². The fourth-order valence-corrected chi connectivity index (χ4v) is 3.87. The van der Waals surface area contributed by atoms with Crippen LogP contribution < -0.4 is 11.1 Å². The first-order chi connectivity index (χ1) is 14.2. The molecule has 1 saturated carbocycles. The Morgan fingerprint density at radius 1 is 1.40 bits per heavy atom. The summed E-state index contributed by atoms with van der Waals surface area (Å²) in [4.78, 5) is 17.4. The molecule has 0 spiro atoms. The second kappa shape index (κ2) is 7.75. The van der Waals surface area contributed by atoms with Gasteiger partial charge in [0.05, 0.1) is 29.8 Å². The highest BCUT2D eigenvalue weighted by Crippen LogP contribution is 2.41. The third-order valence-corrected chi connectivity index (χ3v) is 5.72. The molecule has 8 nitrogen and oxygen atoms in total. The van der Waals surface area contributed by atoms with Crippen molar-refractivity contribution in [3.63, 3.8) is 0 Å². The molecule has 3 aromatic rings. The van der Waals surface area contributed by atoms with Gasteiger partial charge in [-0.2, -0.15) is 5.10 Å². The van der Waals surface area contributed by atoms with E-state index >= 15 is 0 Å². The molecule has 2 atom stereocenters. The van der Waals surface area contributed by atoms with Crippen molar-refractivity contribution in [3.8, 4) is 0 Å². The molecule has 0 aliphatic heterocycles. The molecular formula is C20H24F2N6O2. The number of nitrogens with two attached hydrogens (primary N) is 1. The van der Waals surface area contributed by atoms with Crippen LogP contribution in [0.5, 0.6) is 0 Å². The van der Waals surface area contributed by atoms with E-state index in [1.807, 2.05) is 13.0 Å². The maximum absolute atomic E-state index is 13.7. The van der Waals surface area contributed by atoms with Crippen LogP contribution in [0.4, 0.5) is 8.78 Å². The predicted molar refractivity (Wildman–Crippen MR) is 104 cm³/mol. The highest BCUT2D eigenvalue weighted by molar-refractivity contribution is 5.95. The summed E-state index contributed by atoms with van der Waals surface area (Å²) in [6, 6.07) is 1.10. The van der Waals surface area contributed by atoms with Gasteiger partial charge in [-0.15, -0.1) is 0 Å². The van der Waals surface area contributed by atoms with Crippen LogP contribution in [-0.2, 0) is 0 Å². The molecular weight excluding hydrogens is 394 g/mol. The average molecular weight is 418 g/mol. The lowest BCUT2D eigenvalue weighted by molar-refractivity contribution is -0.0495. The number of imidazole rings is 1. The summed E-state index contributed by atoms with van der Waals surface area (Å²) in [6.07, 6.45) is 4.81. The van der Waals surface area contributed by atoms with E-state index in [0.29, 0.717) is 22.6 Å². The van der Waals surface area contributed by atoms with Crippen molar-refractivity contribution in [2.24, 2.45) is 11.7 Å². The van der Waals surface area contributed by atoms with E-state index in [-0.39, 0.29) is 43.6 Å². The summed E-state index contributed by atoms with van der Waals surface area (Å²) in [5, 5.41) is 11.0. The van der Waals surface area contributed by atoms with Gasteiger partial charge in [0.1, 0.15) is 11.8 Å². The monoisotopic (exact) mass is 418 g/mol. The van der Waals surface area contributed by atoms with Gasteiger partial charge in [-0.05, 0) is 44.2 Å². The summed E-state index contributed by atoms with van der Waals surface area (Å²) in [6.45, 7) is 3.52. The zero-order chi connectivity index (χ0) is 21.5. The summed E-state index contributed by atoms with van der Waals surface area (Å²) in [5.74, 6) is -3.22. The summed E-state index contributed by atoms with van der Waals surface area (Å²) < 4.78 is 33.9. The SMILES string of the molecule is Cc1nocc1C(=O)N[C@H](c1cn2ncc(C(C)N)cc2n1)C1CCC(F)(F)CC1. The number of nitrogens with zero attached hydrogens (tertiary/aromatic N) is 4. The van der Waals surface area contributed by atoms with Gasteiger partial charge in [0.2, 0.25) is 5.92 Å². The molecule has 1 unspecified atom stereocenters. The first-order valence-electron chi connectivity index (χ1n) is 9.94. The van der Waals surface area contributed by atoms with Crippen molar-refractivity contribution in [3.05, 3.63) is 47.2 Å². The Labute approximate surface area is 171 Å². The number of hydrogen-bond acceptors (Lipinski definition) is 6. The number of carbonyl (C=O) groups excluding carboxylic acids is 1. The van der Waals surface area contributed by atoms with Crippen LogP contribution in [-0.4, -0.2) is 31.6 Å². The minimum Gasteiger partial charge on any atom is -0.364 e. The zero-order valence-corrected chi connectivity index (χ0v) is 16.8. The van der Waals surface area contributed by atoms with Crippen LogP contribution in [0, 0.1) is 12.8 Å². The molecule has 3 aromatic heterocycles. The molecule has 3 N–H and O–H groups in total. The van der Waals surface area contributed by atoms with Crippen molar-refractivity contribution < 1.29 is 18.1 Å². The van der Waals surface area contributed by atoms with E-state index in [1.54, 1.807) is 23.8 Å². The smallest absolute Gasteiger partial charge is 0.257 e. The van der Waals surface area contributed by atoms with Gasteiger partial charge in [-0.1, -0.05) is 5.16 Å². The fraction of sp³-hybridized carbons (Fsp3) is 0.500. The average Bonchev–Trinajstić information content (AvgIpc) is 3.31. The van der Waals surface area contributed by atoms with Crippen LogP contribution >= 0.6 is 0 Å². The topological polar surface area (TPSA) is 111 Å². The van der Waals surface area contributed by atoms with Crippen LogP contribution in [0.2, 0.25) is 0 Å². The van der Waals surface area contributed by atoms with Gasteiger partial charge in [0, 0.05) is 18.9 Å². The number of amides is 1. The van der Waals surface area contributed by atoms with Crippen molar-refractivity contribution >= 4 is 11.6 Å². The Kier molecular flexibility index (Phi) is 5.27. The van der Waals surface area contributed by atoms with Crippen molar-refractivity contribution in [1.29, 1.82) is 0 Å². The molecule has 4 rings (SSSR count). The van der Waals surface area contributed by atoms with Gasteiger partial charge in [0.25, 0.3) is 5.91 Å². The Morgan fingerprint density at radius 2 is 2.13 bits per heavy atom. The Balaban J connectivity index is 1.67. The van der Waals surface area contributed by atoms with Crippen LogP contribution in [0.3, 0.4) is 0 Å². The molecule has 1 aliphatic rings. The third-order valence-electron chi connectivity index (χ3n) is 5.72. The molecule has 0 radical (unpaired) electrons. The Bertz CT molecular complexity index is 1050. The molecule has 1 aliphatic carbocycles. The van der Waals surface area contributed by atoms with Gasteiger partial charge >= 0.3 is 0 Å². The normalized spacial score (nSPS) is 19.0. The van der Waals surface area contributed by atoms with Gasteiger partial charge < -0.3 is 15.6 Å². The van der Waals surface area contributed by atoms with Crippen molar-refractivity contribution in [2.75, 3.05) is 0 Å². The van der Waals surface area contributed by atoms with E-state index in [1.165, 1.54) is 6.26 Å². The lowest BCUT2D eigenvalue weighted by atomic mass is 9.81. The lowest BCUT2D eigenvalue weighted by Gasteiger charge is -2.33. The molecule has 0 bridgehead atoms. The van der Waals surface area contributed by atoms with E-state index < -0.39 is 12.0 Å². The molecule has 1 fully saturated rings. The lowest BCUT2D eigenvalue weighted by Crippen LogP contribution is -2.37. The van der Waals surface area contributed by atoms with Crippen molar-refractivity contribution in [1.82, 2.24) is 25.1 Å². The Morgan fingerprint density at radius 3 is 2.77 bits per heavy atom. The highest BCUT2D eigenvalue weighted by Gasteiger charge is 2.39. The maximum atomic E-state index is 13.7. The number of rotatable bonds is 5. The second-order valence-corrected chi connectivity index (χ2v) is 8.00. The molecule has 30 heavy (non-hydrogen) atoms. The molecule has 10 heteroatoms. The highest BCUT2D eigenvalue weighted by atomic mass is 19.3.